The Morgan fingerprint density at radius 1 is 1.40 bits per heavy atom. The first-order valence-electron chi connectivity index (χ1n) is 4.14. The van der Waals surface area contributed by atoms with Crippen molar-refractivity contribution in [2.75, 3.05) is 0 Å². The number of nitrogens with zero attached hydrogens (tertiary/aromatic N) is 2. The zero-order valence-corrected chi connectivity index (χ0v) is 7.54. The summed E-state index contributed by atoms with van der Waals surface area (Å²) >= 11 is 0. The van der Waals surface area contributed by atoms with Crippen molar-refractivity contribution < 1.29 is 9.90 Å². The largest absolute Gasteiger partial charge is 0.477 e. The number of carbonyl (C=O) groups is 1. The van der Waals surface area contributed by atoms with Gasteiger partial charge in [-0.15, -0.1) is 0 Å². The van der Waals surface area contributed by atoms with Crippen LogP contribution in [0.5, 0.6) is 0 Å². The maximum atomic E-state index is 11.4. The lowest BCUT2D eigenvalue weighted by Crippen LogP contribution is -2.13. The van der Waals surface area contributed by atoms with Crippen molar-refractivity contribution in [2.24, 2.45) is 0 Å². The molecule has 0 fully saturated rings. The van der Waals surface area contributed by atoms with Crippen LogP contribution in [0.4, 0.5) is 0 Å². The third-order valence-electron chi connectivity index (χ3n) is 1.87. The minimum atomic E-state index is -1.17. The summed E-state index contributed by atoms with van der Waals surface area (Å²) < 4.78 is 1.14. The van der Waals surface area contributed by atoms with Crippen LogP contribution >= 0.6 is 0 Å². The first kappa shape index (κ1) is 9.20. The monoisotopic (exact) mass is 205 g/mol. The maximum absolute atomic E-state index is 11.4. The van der Waals surface area contributed by atoms with Crippen LogP contribution in [0.2, 0.25) is 0 Å². The van der Waals surface area contributed by atoms with E-state index in [2.05, 4.69) is 10.1 Å². The van der Waals surface area contributed by atoms with E-state index in [9.17, 15) is 9.59 Å². The van der Waals surface area contributed by atoms with Crippen LogP contribution in [0.3, 0.4) is 0 Å². The Morgan fingerprint density at radius 2 is 2.07 bits per heavy atom. The molecule has 0 aliphatic carbocycles. The maximum Gasteiger partial charge on any atom is 0.353 e. The summed E-state index contributed by atoms with van der Waals surface area (Å²) in [4.78, 5) is 25.8. The molecule has 0 radical (unpaired) electrons. The van der Waals surface area contributed by atoms with Gasteiger partial charge < -0.3 is 5.11 Å². The smallest absolute Gasteiger partial charge is 0.353 e. The molecule has 6 nitrogen and oxygen atoms in total. The number of H-pyrrole nitrogens is 1. The number of aromatic amines is 1. The van der Waals surface area contributed by atoms with E-state index < -0.39 is 11.5 Å². The first-order chi connectivity index (χ1) is 7.18. The van der Waals surface area contributed by atoms with Gasteiger partial charge in [-0.2, -0.15) is 0 Å². The molecule has 0 atom stereocenters. The topological polar surface area (TPSA) is 88.0 Å². The van der Waals surface area contributed by atoms with Gasteiger partial charge >= 0.3 is 5.97 Å². The number of aromatic carboxylic acids is 1. The van der Waals surface area contributed by atoms with Crippen LogP contribution < -0.4 is 5.56 Å². The summed E-state index contributed by atoms with van der Waals surface area (Å²) in [6.07, 6.45) is 3.03. The van der Waals surface area contributed by atoms with Gasteiger partial charge in [-0.25, -0.2) is 9.48 Å². The number of nitrogens with one attached hydrogen (secondary N) is 1. The molecule has 0 spiro atoms. The van der Waals surface area contributed by atoms with Gasteiger partial charge in [-0.1, -0.05) is 0 Å². The Morgan fingerprint density at radius 3 is 2.60 bits per heavy atom. The van der Waals surface area contributed by atoms with Crippen molar-refractivity contribution in [3.8, 4) is 5.69 Å². The minimum Gasteiger partial charge on any atom is -0.477 e. The molecule has 76 valence electrons. The number of carboxylic acid groups (broad SMARTS) is 1. The predicted molar refractivity (Wildman–Crippen MR) is 51.1 cm³/mol. The highest BCUT2D eigenvalue weighted by molar-refractivity contribution is 5.85. The lowest BCUT2D eigenvalue weighted by molar-refractivity contribution is 0.0690. The molecule has 2 rings (SSSR count). The summed E-state index contributed by atoms with van der Waals surface area (Å²) in [5, 5.41) is 11.1. The van der Waals surface area contributed by atoms with Gasteiger partial charge in [0.25, 0.3) is 5.56 Å². The molecule has 0 amide bonds. The van der Waals surface area contributed by atoms with Gasteiger partial charge in [0.05, 0.1) is 5.69 Å². The Labute approximate surface area is 83.8 Å². The molecule has 2 N–H and O–H groups in total. The van der Waals surface area contributed by atoms with Crippen molar-refractivity contribution in [2.45, 2.75) is 0 Å². The predicted octanol–water partition coefficient (Wildman–Crippen LogP) is 0.259. The van der Waals surface area contributed by atoms with Crippen molar-refractivity contribution in [3.05, 3.63) is 46.6 Å². The van der Waals surface area contributed by atoms with E-state index >= 15 is 0 Å². The molecule has 2 heterocycles. The molecule has 0 bridgehead atoms. The lowest BCUT2D eigenvalue weighted by atomic mass is 10.4. The van der Waals surface area contributed by atoms with Crippen molar-refractivity contribution in [1.82, 2.24) is 14.8 Å². The molecule has 0 saturated carbocycles. The normalized spacial score (nSPS) is 10.1. The third-order valence-corrected chi connectivity index (χ3v) is 1.87. The van der Waals surface area contributed by atoms with Gasteiger partial charge in [-0.3, -0.25) is 14.9 Å². The van der Waals surface area contributed by atoms with Gasteiger partial charge in [0.1, 0.15) is 5.69 Å². The molecule has 0 aromatic carbocycles. The highest BCUT2D eigenvalue weighted by Gasteiger charge is 2.09. The van der Waals surface area contributed by atoms with Gasteiger partial charge in [0, 0.05) is 18.5 Å². The van der Waals surface area contributed by atoms with E-state index in [1.54, 1.807) is 12.1 Å². The van der Waals surface area contributed by atoms with Crippen LogP contribution in [-0.2, 0) is 0 Å². The van der Waals surface area contributed by atoms with E-state index in [0.29, 0.717) is 5.69 Å². The van der Waals surface area contributed by atoms with Crippen molar-refractivity contribution in [3.63, 3.8) is 0 Å². The number of rotatable bonds is 2. The zero-order valence-electron chi connectivity index (χ0n) is 7.54. The SMILES string of the molecule is O=C(O)c1cc(=O)n(-c2ccncc2)[nH]1. The van der Waals surface area contributed by atoms with E-state index in [4.69, 9.17) is 5.11 Å². The number of pyridine rings is 1. The van der Waals surface area contributed by atoms with E-state index in [1.807, 2.05) is 0 Å². The molecule has 0 aliphatic heterocycles. The quantitative estimate of drug-likeness (QED) is 0.736. The standard InChI is InChI=1S/C9H7N3O3/c13-8-5-7(9(14)15)11-12(8)6-1-3-10-4-2-6/h1-5,11H,(H,14,15). The fraction of sp³-hybridized carbons (Fsp3) is 0. The van der Waals surface area contributed by atoms with Gasteiger partial charge in [-0.05, 0) is 12.1 Å². The van der Waals surface area contributed by atoms with E-state index in [-0.39, 0.29) is 5.69 Å². The Kier molecular flexibility index (Phi) is 2.09. The zero-order chi connectivity index (χ0) is 10.8. The van der Waals surface area contributed by atoms with Crippen LogP contribution in [0.1, 0.15) is 10.5 Å². The second kappa shape index (κ2) is 3.41. The van der Waals surface area contributed by atoms with Crippen LogP contribution in [0.25, 0.3) is 5.69 Å². The van der Waals surface area contributed by atoms with Crippen LogP contribution in [-0.4, -0.2) is 25.8 Å². The number of hydrogen-bond donors (Lipinski definition) is 2. The third kappa shape index (κ3) is 1.64. The summed E-state index contributed by atoms with van der Waals surface area (Å²) in [5.74, 6) is -1.17. The van der Waals surface area contributed by atoms with Crippen molar-refractivity contribution in [1.29, 1.82) is 0 Å². The number of carboxylic acids is 1. The summed E-state index contributed by atoms with van der Waals surface area (Å²) in [5.41, 5.74) is -0.0158. The van der Waals surface area contributed by atoms with Crippen LogP contribution in [0.15, 0.2) is 35.4 Å². The second-order valence-electron chi connectivity index (χ2n) is 2.85. The van der Waals surface area contributed by atoms with E-state index in [1.165, 1.54) is 12.4 Å². The number of hydrogen-bond acceptors (Lipinski definition) is 3. The molecule has 6 heteroatoms. The molecule has 2 aromatic rings. The lowest BCUT2D eigenvalue weighted by Gasteiger charge is -1.99. The molecule has 0 unspecified atom stereocenters. The fourth-order valence-electron chi connectivity index (χ4n) is 1.19. The Bertz CT molecular complexity index is 541. The van der Waals surface area contributed by atoms with Gasteiger partial charge in [0.2, 0.25) is 0 Å². The molecule has 15 heavy (non-hydrogen) atoms. The summed E-state index contributed by atoms with van der Waals surface area (Å²) in [6, 6.07) is 4.23. The second-order valence-corrected chi connectivity index (χ2v) is 2.85. The average Bonchev–Trinajstić information content (AvgIpc) is 2.62. The first-order valence-corrected chi connectivity index (χ1v) is 4.14. The fourth-order valence-corrected chi connectivity index (χ4v) is 1.19. The molecular formula is C9H7N3O3. The highest BCUT2D eigenvalue weighted by Crippen LogP contribution is 2.01. The van der Waals surface area contributed by atoms with Gasteiger partial charge in [0.15, 0.2) is 0 Å². The van der Waals surface area contributed by atoms with E-state index in [0.717, 1.165) is 10.7 Å². The Hall–Kier alpha value is -2.37. The number of aromatic nitrogens is 3. The Balaban J connectivity index is 2.55. The highest BCUT2D eigenvalue weighted by atomic mass is 16.4. The summed E-state index contributed by atoms with van der Waals surface area (Å²) in [7, 11) is 0. The molecular weight excluding hydrogens is 198 g/mol. The molecule has 2 aromatic heterocycles. The minimum absolute atomic E-state index is 0.142. The molecule has 0 saturated heterocycles. The van der Waals surface area contributed by atoms with Crippen molar-refractivity contribution >= 4 is 5.97 Å². The van der Waals surface area contributed by atoms with Crippen LogP contribution in [0, 0.1) is 0 Å². The average molecular weight is 205 g/mol. The molecule has 0 aliphatic rings. The summed E-state index contributed by atoms with van der Waals surface area (Å²) in [6.45, 7) is 0.